The number of piperidine rings is 1. The van der Waals surface area contributed by atoms with Crippen LogP contribution in [0.2, 0.25) is 0 Å². The van der Waals surface area contributed by atoms with Gasteiger partial charge in [-0.3, -0.25) is 9.80 Å². The fourth-order valence-corrected chi connectivity index (χ4v) is 5.57. The van der Waals surface area contributed by atoms with Crippen LogP contribution in [0.3, 0.4) is 0 Å². The SMILES string of the molecule is O=C1N[C@H]2CCN(C3COC3)C[C@@H]2N1c1nc2c3c(ccc2s1)OCC3. The van der Waals surface area contributed by atoms with Gasteiger partial charge in [0.15, 0.2) is 5.13 Å². The monoisotopic (exact) mass is 372 g/mol. The van der Waals surface area contributed by atoms with Crippen LogP contribution in [0.4, 0.5) is 9.93 Å². The third kappa shape index (κ3) is 2.12. The molecule has 4 aliphatic rings. The van der Waals surface area contributed by atoms with Crippen LogP contribution in [-0.4, -0.2) is 67.0 Å². The lowest BCUT2D eigenvalue weighted by Crippen LogP contribution is -2.59. The lowest BCUT2D eigenvalue weighted by atomic mass is 9.98. The van der Waals surface area contributed by atoms with E-state index in [1.54, 1.807) is 11.3 Å². The Morgan fingerprint density at radius 1 is 1.31 bits per heavy atom. The number of likely N-dealkylation sites (tertiary alicyclic amines) is 1. The topological polar surface area (TPSA) is 66.9 Å². The first kappa shape index (κ1) is 15.2. The van der Waals surface area contributed by atoms with Crippen LogP contribution in [0, 0.1) is 0 Å². The van der Waals surface area contributed by atoms with E-state index in [2.05, 4.69) is 16.3 Å². The fraction of sp³-hybridized carbons (Fsp3) is 0.556. The fourth-order valence-electron chi connectivity index (χ4n) is 4.52. The van der Waals surface area contributed by atoms with E-state index in [4.69, 9.17) is 14.5 Å². The number of rotatable bonds is 2. The average molecular weight is 372 g/mol. The second-order valence-electron chi connectivity index (χ2n) is 7.45. The van der Waals surface area contributed by atoms with Gasteiger partial charge in [-0.2, -0.15) is 0 Å². The van der Waals surface area contributed by atoms with Crippen LogP contribution in [0.5, 0.6) is 5.75 Å². The summed E-state index contributed by atoms with van der Waals surface area (Å²) in [7, 11) is 0. The highest BCUT2D eigenvalue weighted by Crippen LogP contribution is 2.39. The van der Waals surface area contributed by atoms with Gasteiger partial charge in [-0.15, -0.1) is 0 Å². The molecule has 1 aromatic carbocycles. The van der Waals surface area contributed by atoms with Crippen LogP contribution >= 0.6 is 11.3 Å². The summed E-state index contributed by atoms with van der Waals surface area (Å²) in [6, 6.07) is 4.93. The second-order valence-corrected chi connectivity index (χ2v) is 8.46. The number of fused-ring (bicyclic) bond motifs is 4. The molecule has 2 amide bonds. The van der Waals surface area contributed by atoms with Crippen LogP contribution < -0.4 is 15.0 Å². The molecule has 0 radical (unpaired) electrons. The van der Waals surface area contributed by atoms with Crippen molar-refractivity contribution in [1.29, 1.82) is 0 Å². The predicted molar refractivity (Wildman–Crippen MR) is 98.2 cm³/mol. The van der Waals surface area contributed by atoms with Gasteiger partial charge in [0.05, 0.1) is 48.2 Å². The summed E-state index contributed by atoms with van der Waals surface area (Å²) in [4.78, 5) is 22.0. The van der Waals surface area contributed by atoms with Crippen LogP contribution in [0.1, 0.15) is 12.0 Å². The summed E-state index contributed by atoms with van der Waals surface area (Å²) in [5.74, 6) is 0.937. The van der Waals surface area contributed by atoms with Gasteiger partial charge in [-0.05, 0) is 18.6 Å². The zero-order chi connectivity index (χ0) is 17.3. The van der Waals surface area contributed by atoms with Gasteiger partial charge in [0.1, 0.15) is 5.75 Å². The molecule has 0 aliphatic carbocycles. The number of nitrogens with one attached hydrogen (secondary N) is 1. The maximum absolute atomic E-state index is 12.7. The molecule has 0 unspecified atom stereocenters. The Bertz CT molecular complexity index is 896. The third-order valence-corrected chi connectivity index (χ3v) is 7.06. The van der Waals surface area contributed by atoms with Crippen molar-refractivity contribution in [3.63, 3.8) is 0 Å². The number of ether oxygens (including phenoxy) is 2. The number of carbonyl (C=O) groups is 1. The lowest BCUT2D eigenvalue weighted by Gasteiger charge is -2.43. The molecule has 7 nitrogen and oxygen atoms in total. The number of anilines is 1. The Hall–Kier alpha value is -1.90. The van der Waals surface area contributed by atoms with Crippen LogP contribution in [-0.2, 0) is 11.2 Å². The standard InChI is InChI=1S/C18H20N4O3S/c23-17-19-12-3-5-21(10-8-24-9-10)7-13(12)22(17)18-20-16-11-4-6-25-14(11)1-2-15(16)26-18/h1-2,10,12-13H,3-9H2,(H,19,23)/t12-,13-/m0/s1. The van der Waals surface area contributed by atoms with Gasteiger partial charge >= 0.3 is 6.03 Å². The molecule has 3 saturated heterocycles. The van der Waals surface area contributed by atoms with E-state index in [1.165, 1.54) is 5.56 Å². The number of urea groups is 1. The molecule has 1 N–H and O–H groups in total. The Kier molecular flexibility index (Phi) is 3.24. The predicted octanol–water partition coefficient (Wildman–Crippen LogP) is 1.60. The highest BCUT2D eigenvalue weighted by molar-refractivity contribution is 7.22. The van der Waals surface area contributed by atoms with Crippen molar-refractivity contribution in [3.8, 4) is 5.75 Å². The van der Waals surface area contributed by atoms with Crippen molar-refractivity contribution in [2.45, 2.75) is 31.0 Å². The normalized spacial score (nSPS) is 28.6. The molecular weight excluding hydrogens is 352 g/mol. The number of amides is 2. The Morgan fingerprint density at radius 2 is 2.23 bits per heavy atom. The first-order chi connectivity index (χ1) is 12.8. The third-order valence-electron chi connectivity index (χ3n) is 6.04. The molecule has 3 fully saturated rings. The number of hydrogen-bond acceptors (Lipinski definition) is 6. The van der Waals surface area contributed by atoms with Gasteiger partial charge in [0.25, 0.3) is 0 Å². The minimum absolute atomic E-state index is 0.0151. The van der Waals surface area contributed by atoms with E-state index in [0.717, 1.165) is 60.2 Å². The number of carbonyl (C=O) groups excluding carboxylic acids is 1. The maximum Gasteiger partial charge on any atom is 0.324 e. The van der Waals surface area contributed by atoms with Gasteiger partial charge in [-0.1, -0.05) is 11.3 Å². The van der Waals surface area contributed by atoms with E-state index in [9.17, 15) is 4.79 Å². The van der Waals surface area contributed by atoms with Crippen molar-refractivity contribution in [2.75, 3.05) is 37.8 Å². The number of aromatic nitrogens is 1. The maximum atomic E-state index is 12.7. The van der Waals surface area contributed by atoms with Gasteiger partial charge in [-0.25, -0.2) is 9.78 Å². The number of hydrogen-bond donors (Lipinski definition) is 1. The first-order valence-corrected chi connectivity index (χ1v) is 10.1. The van der Waals surface area contributed by atoms with Crippen molar-refractivity contribution in [2.24, 2.45) is 0 Å². The smallest absolute Gasteiger partial charge is 0.324 e. The van der Waals surface area contributed by atoms with E-state index in [1.807, 2.05) is 11.0 Å². The molecular formula is C18H20N4O3S. The van der Waals surface area contributed by atoms with Crippen LogP contribution in [0.15, 0.2) is 12.1 Å². The van der Waals surface area contributed by atoms with E-state index in [-0.39, 0.29) is 18.1 Å². The molecule has 5 heterocycles. The Balaban J connectivity index is 1.36. The Morgan fingerprint density at radius 3 is 3.08 bits per heavy atom. The summed E-state index contributed by atoms with van der Waals surface area (Å²) in [6.07, 6.45) is 1.88. The minimum Gasteiger partial charge on any atom is -0.493 e. The molecule has 4 aliphatic heterocycles. The average Bonchev–Trinajstić information content (AvgIpc) is 3.26. The molecule has 8 heteroatoms. The molecule has 2 atom stereocenters. The van der Waals surface area contributed by atoms with E-state index >= 15 is 0 Å². The summed E-state index contributed by atoms with van der Waals surface area (Å²) < 4.78 is 12.1. The Labute approximate surface area is 154 Å². The summed E-state index contributed by atoms with van der Waals surface area (Å²) in [5.41, 5.74) is 2.18. The van der Waals surface area contributed by atoms with Gasteiger partial charge in [0, 0.05) is 25.1 Å². The number of benzene rings is 1. The van der Waals surface area contributed by atoms with E-state index < -0.39 is 0 Å². The molecule has 6 rings (SSSR count). The van der Waals surface area contributed by atoms with E-state index in [0.29, 0.717) is 12.6 Å². The van der Waals surface area contributed by atoms with Gasteiger partial charge < -0.3 is 14.8 Å². The molecule has 0 saturated carbocycles. The van der Waals surface area contributed by atoms with Crippen molar-refractivity contribution < 1.29 is 14.3 Å². The summed E-state index contributed by atoms with van der Waals surface area (Å²) >= 11 is 1.60. The number of thiazole rings is 1. The molecule has 0 bridgehead atoms. The summed E-state index contributed by atoms with van der Waals surface area (Å²) in [6.45, 7) is 4.25. The second kappa shape index (κ2) is 5.55. The highest BCUT2D eigenvalue weighted by atomic mass is 32.1. The first-order valence-electron chi connectivity index (χ1n) is 9.25. The zero-order valence-electron chi connectivity index (χ0n) is 14.3. The minimum atomic E-state index is -0.0151. The summed E-state index contributed by atoms with van der Waals surface area (Å²) in [5, 5.41) is 3.97. The quantitative estimate of drug-likeness (QED) is 0.867. The molecule has 2 aromatic rings. The van der Waals surface area contributed by atoms with Crippen molar-refractivity contribution in [3.05, 3.63) is 17.7 Å². The largest absolute Gasteiger partial charge is 0.493 e. The molecule has 0 spiro atoms. The van der Waals surface area contributed by atoms with Crippen LogP contribution in [0.25, 0.3) is 10.2 Å². The lowest BCUT2D eigenvalue weighted by molar-refractivity contribution is -0.0727. The zero-order valence-corrected chi connectivity index (χ0v) is 15.1. The highest BCUT2D eigenvalue weighted by Gasteiger charge is 2.46. The molecule has 136 valence electrons. The number of nitrogens with zero attached hydrogens (tertiary/aromatic N) is 3. The van der Waals surface area contributed by atoms with Crippen molar-refractivity contribution >= 4 is 32.7 Å². The molecule has 26 heavy (non-hydrogen) atoms. The van der Waals surface area contributed by atoms with Gasteiger partial charge in [0.2, 0.25) is 0 Å². The molecule has 1 aromatic heterocycles. The van der Waals surface area contributed by atoms with Crippen molar-refractivity contribution in [1.82, 2.24) is 15.2 Å².